The topological polar surface area (TPSA) is 78.1 Å². The summed E-state index contributed by atoms with van der Waals surface area (Å²) in [7, 11) is 0. The molecule has 1 aromatic heterocycles. The van der Waals surface area contributed by atoms with Crippen LogP contribution in [-0.4, -0.2) is 21.5 Å². The third-order valence-corrected chi connectivity index (χ3v) is 6.60. The van der Waals surface area contributed by atoms with Crippen LogP contribution in [0.25, 0.3) is 17.0 Å². The minimum atomic E-state index is -0.542. The number of nitrogens with zero attached hydrogens (tertiary/aromatic N) is 3. The zero-order chi connectivity index (χ0) is 24.5. The molecular formula is C27H17BrN4O2S. The first kappa shape index (κ1) is 22.7. The number of hydrogen-bond acceptors (Lipinski definition) is 4. The number of hydrogen-bond donors (Lipinski definition) is 1. The first-order valence-electron chi connectivity index (χ1n) is 10.7. The minimum Gasteiger partial charge on any atom is -0.342 e. The van der Waals surface area contributed by atoms with Crippen molar-refractivity contribution in [1.29, 1.82) is 5.26 Å². The second-order valence-corrected chi connectivity index (χ2v) is 9.24. The van der Waals surface area contributed by atoms with Crippen LogP contribution in [0.5, 0.6) is 0 Å². The molecule has 4 aromatic rings. The van der Waals surface area contributed by atoms with Gasteiger partial charge in [0, 0.05) is 33.7 Å². The van der Waals surface area contributed by atoms with E-state index in [4.69, 9.17) is 12.2 Å². The quantitative estimate of drug-likeness (QED) is 0.220. The van der Waals surface area contributed by atoms with Crippen LogP contribution in [0.2, 0.25) is 0 Å². The molecule has 0 spiro atoms. The van der Waals surface area contributed by atoms with E-state index in [9.17, 15) is 14.9 Å². The molecule has 6 nitrogen and oxygen atoms in total. The predicted molar refractivity (Wildman–Crippen MR) is 143 cm³/mol. The highest BCUT2D eigenvalue weighted by atomic mass is 79.9. The molecule has 2 amide bonds. The van der Waals surface area contributed by atoms with Crippen LogP contribution in [0.1, 0.15) is 16.7 Å². The molecule has 0 aliphatic carbocycles. The highest BCUT2D eigenvalue weighted by Crippen LogP contribution is 2.28. The number of para-hydroxylation sites is 1. The molecule has 1 saturated heterocycles. The van der Waals surface area contributed by atoms with Crippen LogP contribution in [0.15, 0.2) is 89.0 Å². The monoisotopic (exact) mass is 540 g/mol. The van der Waals surface area contributed by atoms with Gasteiger partial charge in [-0.1, -0.05) is 52.3 Å². The summed E-state index contributed by atoms with van der Waals surface area (Å²) < 4.78 is 2.88. The molecule has 5 rings (SSSR count). The molecule has 2 heterocycles. The van der Waals surface area contributed by atoms with Gasteiger partial charge in [-0.3, -0.25) is 19.8 Å². The van der Waals surface area contributed by atoms with Gasteiger partial charge >= 0.3 is 0 Å². The molecule has 170 valence electrons. The highest BCUT2D eigenvalue weighted by molar-refractivity contribution is 9.10. The number of thiocarbonyl (C=S) groups is 1. The highest BCUT2D eigenvalue weighted by Gasteiger charge is 2.34. The molecule has 1 N–H and O–H groups in total. The number of nitrogens with one attached hydrogen (secondary N) is 1. The number of halogens is 1. The van der Waals surface area contributed by atoms with E-state index >= 15 is 0 Å². The van der Waals surface area contributed by atoms with E-state index in [0.717, 1.165) is 26.5 Å². The van der Waals surface area contributed by atoms with Gasteiger partial charge in [-0.2, -0.15) is 5.26 Å². The number of amides is 2. The molecule has 8 heteroatoms. The molecular weight excluding hydrogens is 524 g/mol. The minimum absolute atomic E-state index is 0.0122. The van der Waals surface area contributed by atoms with Gasteiger partial charge in [0.15, 0.2) is 5.11 Å². The smallest absolute Gasteiger partial charge is 0.270 e. The largest absolute Gasteiger partial charge is 0.342 e. The van der Waals surface area contributed by atoms with Gasteiger partial charge in [-0.25, -0.2) is 0 Å². The van der Waals surface area contributed by atoms with E-state index in [1.165, 1.54) is 4.90 Å². The first-order valence-corrected chi connectivity index (χ1v) is 11.9. The molecule has 0 radical (unpaired) electrons. The number of nitriles is 1. The SMILES string of the molecule is N#Cc1ccccc1Cn1cc(C=C2C(=O)NC(=S)N(c3ccc(Br)cc3)C2=O)c2ccccc21. The third kappa shape index (κ3) is 4.28. The Balaban J connectivity index is 1.58. The summed E-state index contributed by atoms with van der Waals surface area (Å²) in [5, 5.41) is 13.0. The number of aromatic nitrogens is 1. The maximum Gasteiger partial charge on any atom is 0.270 e. The van der Waals surface area contributed by atoms with E-state index < -0.39 is 11.8 Å². The maximum absolute atomic E-state index is 13.4. The lowest BCUT2D eigenvalue weighted by atomic mass is 10.1. The fraction of sp³-hybridized carbons (Fsp3) is 0.0370. The van der Waals surface area contributed by atoms with Crippen LogP contribution >= 0.6 is 28.1 Å². The molecule has 0 atom stereocenters. The lowest BCUT2D eigenvalue weighted by Gasteiger charge is -2.28. The Kier molecular flexibility index (Phi) is 6.03. The predicted octanol–water partition coefficient (Wildman–Crippen LogP) is 5.16. The summed E-state index contributed by atoms with van der Waals surface area (Å²) in [6.45, 7) is 0.475. The number of fused-ring (bicyclic) bond motifs is 1. The summed E-state index contributed by atoms with van der Waals surface area (Å²) in [5.41, 5.74) is 3.68. The zero-order valence-electron chi connectivity index (χ0n) is 18.2. The van der Waals surface area contributed by atoms with E-state index in [0.29, 0.717) is 17.8 Å². The molecule has 1 aliphatic rings. The van der Waals surface area contributed by atoms with E-state index in [-0.39, 0.29) is 10.7 Å². The van der Waals surface area contributed by atoms with Crippen LogP contribution in [0.4, 0.5) is 5.69 Å². The molecule has 0 saturated carbocycles. The Bertz CT molecular complexity index is 1580. The van der Waals surface area contributed by atoms with Crippen molar-refractivity contribution in [2.75, 3.05) is 4.90 Å². The van der Waals surface area contributed by atoms with Gasteiger partial charge in [0.2, 0.25) is 0 Å². The third-order valence-electron chi connectivity index (χ3n) is 5.78. The van der Waals surface area contributed by atoms with Crippen LogP contribution in [0.3, 0.4) is 0 Å². The van der Waals surface area contributed by atoms with Crippen LogP contribution in [-0.2, 0) is 16.1 Å². The maximum atomic E-state index is 13.4. The van der Waals surface area contributed by atoms with Crippen LogP contribution in [0, 0.1) is 11.3 Å². The van der Waals surface area contributed by atoms with Crippen molar-refractivity contribution in [3.63, 3.8) is 0 Å². The standard InChI is InChI=1S/C27H17BrN4O2S/c28-20-9-11-21(12-10-20)32-26(34)23(25(33)30-27(32)35)13-19-16-31(24-8-4-3-7-22(19)24)15-18-6-2-1-5-17(18)14-29/h1-13,16H,15H2,(H,30,33,35). The number of anilines is 1. The van der Waals surface area contributed by atoms with Gasteiger partial charge in [0.1, 0.15) is 5.57 Å². The average Bonchev–Trinajstić information content (AvgIpc) is 3.20. The van der Waals surface area contributed by atoms with Gasteiger partial charge in [0.05, 0.1) is 17.3 Å². The van der Waals surface area contributed by atoms with Crippen molar-refractivity contribution in [2.45, 2.75) is 6.54 Å². The van der Waals surface area contributed by atoms with Crippen molar-refractivity contribution in [2.24, 2.45) is 0 Å². The Hall–Kier alpha value is -4.06. The second-order valence-electron chi connectivity index (χ2n) is 7.93. The number of carbonyl (C=O) groups excluding carboxylic acids is 2. The molecule has 1 aliphatic heterocycles. The fourth-order valence-corrected chi connectivity index (χ4v) is 4.65. The Morgan fingerprint density at radius 1 is 1.00 bits per heavy atom. The van der Waals surface area contributed by atoms with Gasteiger partial charge in [-0.15, -0.1) is 0 Å². The van der Waals surface area contributed by atoms with Gasteiger partial charge in [-0.05, 0) is 60.3 Å². The number of benzene rings is 3. The van der Waals surface area contributed by atoms with Gasteiger partial charge < -0.3 is 4.57 Å². The Morgan fingerprint density at radius 3 is 2.49 bits per heavy atom. The normalized spacial score (nSPS) is 14.9. The van der Waals surface area contributed by atoms with E-state index in [2.05, 4.69) is 27.3 Å². The number of carbonyl (C=O) groups is 2. The zero-order valence-corrected chi connectivity index (χ0v) is 20.6. The lowest BCUT2D eigenvalue weighted by molar-refractivity contribution is -0.122. The molecule has 3 aromatic carbocycles. The van der Waals surface area contributed by atoms with Crippen molar-refractivity contribution >= 4 is 67.7 Å². The summed E-state index contributed by atoms with van der Waals surface area (Å²) in [5.74, 6) is -1.03. The van der Waals surface area contributed by atoms with Crippen molar-refractivity contribution in [3.8, 4) is 6.07 Å². The Labute approximate surface area is 215 Å². The van der Waals surface area contributed by atoms with E-state index in [1.54, 1.807) is 36.4 Å². The van der Waals surface area contributed by atoms with E-state index in [1.807, 2.05) is 53.2 Å². The average molecular weight is 541 g/mol. The summed E-state index contributed by atoms with van der Waals surface area (Å²) in [6.07, 6.45) is 3.49. The van der Waals surface area contributed by atoms with Gasteiger partial charge in [0.25, 0.3) is 11.8 Å². The lowest BCUT2D eigenvalue weighted by Crippen LogP contribution is -2.54. The molecule has 0 unspecified atom stereocenters. The second kappa shape index (κ2) is 9.29. The number of rotatable bonds is 4. The summed E-state index contributed by atoms with van der Waals surface area (Å²) in [4.78, 5) is 27.5. The summed E-state index contributed by atoms with van der Waals surface area (Å²) >= 11 is 8.68. The van der Waals surface area contributed by atoms with Crippen LogP contribution < -0.4 is 10.2 Å². The fourth-order valence-electron chi connectivity index (χ4n) is 4.11. The molecule has 0 bridgehead atoms. The van der Waals surface area contributed by atoms with Crippen molar-refractivity contribution in [1.82, 2.24) is 9.88 Å². The Morgan fingerprint density at radius 2 is 1.71 bits per heavy atom. The van der Waals surface area contributed by atoms with Crippen molar-refractivity contribution < 1.29 is 9.59 Å². The summed E-state index contributed by atoms with van der Waals surface area (Å²) in [6, 6.07) is 24.5. The first-order chi connectivity index (χ1) is 17.0. The van der Waals surface area contributed by atoms with Crippen molar-refractivity contribution in [3.05, 3.63) is 106 Å². The molecule has 35 heavy (non-hydrogen) atoms. The molecule has 1 fully saturated rings.